The van der Waals surface area contributed by atoms with Gasteiger partial charge in [-0.3, -0.25) is 9.48 Å². The van der Waals surface area contributed by atoms with Crippen LogP contribution in [0, 0.1) is 11.3 Å². The number of aromatic nitrogens is 2. The number of aryl methyl sites for hydroxylation is 1. The molecular weight excluding hydrogens is 469 g/mol. The van der Waals surface area contributed by atoms with Crippen molar-refractivity contribution in [1.82, 2.24) is 14.7 Å². The fourth-order valence-corrected chi connectivity index (χ4v) is 4.37. The standard InChI is InChI=1S/C27H29F3N4O2/c1-5-34-17-24(26(32-34)27(28,29)30)21-10-7-6-9-20(21)23-16-33(25(35)11-8-12-36-4)15-19(3)22(23)13-18(2)14-31/h6-11,13,17,23H,5,12,15-16H2,1-4H3/b11-8+,18-13+/t23-/m0/s1. The summed E-state index contributed by atoms with van der Waals surface area (Å²) in [5.41, 5.74) is 2.23. The van der Waals surface area contributed by atoms with Gasteiger partial charge in [0.1, 0.15) is 0 Å². The summed E-state index contributed by atoms with van der Waals surface area (Å²) in [5, 5.41) is 13.2. The van der Waals surface area contributed by atoms with Crippen molar-refractivity contribution in [1.29, 1.82) is 5.26 Å². The number of amides is 1. The van der Waals surface area contributed by atoms with E-state index in [0.29, 0.717) is 29.8 Å². The number of halogens is 3. The molecule has 0 bridgehead atoms. The Kier molecular flexibility index (Phi) is 8.53. The highest BCUT2D eigenvalue weighted by Gasteiger charge is 2.39. The van der Waals surface area contributed by atoms with Gasteiger partial charge in [-0.25, -0.2) is 0 Å². The molecule has 0 fully saturated rings. The van der Waals surface area contributed by atoms with Crippen molar-refractivity contribution in [2.45, 2.75) is 39.4 Å². The number of nitrogens with zero attached hydrogens (tertiary/aromatic N) is 4. The maximum Gasteiger partial charge on any atom is 0.435 e. The predicted octanol–water partition coefficient (Wildman–Crippen LogP) is 5.50. The van der Waals surface area contributed by atoms with Gasteiger partial charge in [-0.1, -0.05) is 35.9 Å². The van der Waals surface area contributed by atoms with E-state index >= 15 is 0 Å². The molecule has 36 heavy (non-hydrogen) atoms. The zero-order valence-corrected chi connectivity index (χ0v) is 20.8. The van der Waals surface area contributed by atoms with Crippen molar-refractivity contribution in [3.05, 3.63) is 76.7 Å². The molecule has 190 valence electrons. The lowest BCUT2D eigenvalue weighted by Gasteiger charge is -2.35. The highest BCUT2D eigenvalue weighted by Crippen LogP contribution is 2.42. The molecule has 2 heterocycles. The summed E-state index contributed by atoms with van der Waals surface area (Å²) in [6, 6.07) is 9.00. The monoisotopic (exact) mass is 498 g/mol. The minimum Gasteiger partial charge on any atom is -0.381 e. The highest BCUT2D eigenvalue weighted by atomic mass is 19.4. The minimum absolute atomic E-state index is 0.0126. The van der Waals surface area contributed by atoms with Gasteiger partial charge in [0.15, 0.2) is 5.69 Å². The van der Waals surface area contributed by atoms with Crippen molar-refractivity contribution < 1.29 is 22.7 Å². The third kappa shape index (κ3) is 5.94. The molecule has 6 nitrogen and oxygen atoms in total. The lowest BCUT2D eigenvalue weighted by molar-refractivity contribution is -0.141. The van der Waals surface area contributed by atoms with E-state index in [1.807, 2.05) is 6.92 Å². The predicted molar refractivity (Wildman–Crippen MR) is 131 cm³/mol. The third-order valence-electron chi connectivity index (χ3n) is 6.06. The van der Waals surface area contributed by atoms with Crippen LogP contribution < -0.4 is 0 Å². The van der Waals surface area contributed by atoms with Crippen LogP contribution in [0.2, 0.25) is 0 Å². The molecule has 0 unspecified atom stereocenters. The second-order valence-corrected chi connectivity index (χ2v) is 8.64. The van der Waals surface area contributed by atoms with Gasteiger partial charge in [-0.15, -0.1) is 0 Å². The number of allylic oxidation sites excluding steroid dienone is 2. The zero-order chi connectivity index (χ0) is 26.5. The average molecular weight is 499 g/mol. The van der Waals surface area contributed by atoms with Gasteiger partial charge in [-0.2, -0.15) is 23.5 Å². The molecule has 0 spiro atoms. The molecule has 9 heteroatoms. The molecule has 0 aliphatic carbocycles. The Morgan fingerprint density at radius 1 is 1.31 bits per heavy atom. The SMILES string of the molecule is CCn1cc(-c2ccccc2[C@@H]2CN(C(=O)/C=C/COC)CC(C)=C2/C=C(\C)C#N)c(C(F)(F)F)n1. The fourth-order valence-electron chi connectivity index (χ4n) is 4.37. The molecule has 1 amide bonds. The number of carbonyl (C=O) groups excluding carboxylic acids is 1. The highest BCUT2D eigenvalue weighted by molar-refractivity contribution is 5.88. The normalized spacial score (nSPS) is 17.1. The number of methoxy groups -OCH3 is 1. The smallest absolute Gasteiger partial charge is 0.381 e. The van der Waals surface area contributed by atoms with Gasteiger partial charge in [0, 0.05) is 56.1 Å². The lowest BCUT2D eigenvalue weighted by Crippen LogP contribution is -2.39. The number of hydrogen-bond donors (Lipinski definition) is 0. The van der Waals surface area contributed by atoms with E-state index in [9.17, 15) is 23.2 Å². The molecular formula is C27H29F3N4O2. The topological polar surface area (TPSA) is 71.2 Å². The molecule has 1 aliphatic rings. The van der Waals surface area contributed by atoms with E-state index in [-0.39, 0.29) is 24.6 Å². The number of hydrogen-bond acceptors (Lipinski definition) is 4. The minimum atomic E-state index is -4.63. The van der Waals surface area contributed by atoms with Crippen LogP contribution in [0.25, 0.3) is 11.1 Å². The second-order valence-electron chi connectivity index (χ2n) is 8.64. The van der Waals surface area contributed by atoms with Crippen molar-refractivity contribution in [2.24, 2.45) is 0 Å². The molecule has 1 atom stereocenters. The van der Waals surface area contributed by atoms with Crippen molar-refractivity contribution >= 4 is 5.91 Å². The van der Waals surface area contributed by atoms with Crippen LogP contribution in [0.1, 0.15) is 37.9 Å². The summed E-state index contributed by atoms with van der Waals surface area (Å²) in [7, 11) is 1.53. The van der Waals surface area contributed by atoms with Crippen LogP contribution in [0.15, 0.2) is 65.4 Å². The Morgan fingerprint density at radius 2 is 2.03 bits per heavy atom. The maximum atomic E-state index is 13.9. The number of alkyl halides is 3. The zero-order valence-electron chi connectivity index (χ0n) is 20.8. The average Bonchev–Trinajstić information content (AvgIpc) is 3.30. The third-order valence-corrected chi connectivity index (χ3v) is 6.06. The Bertz CT molecular complexity index is 1250. The molecule has 0 saturated carbocycles. The van der Waals surface area contributed by atoms with E-state index in [1.54, 1.807) is 55.2 Å². The van der Waals surface area contributed by atoms with Crippen LogP contribution in [-0.4, -0.2) is 47.4 Å². The molecule has 0 saturated heterocycles. The first kappa shape index (κ1) is 27.0. The Balaban J connectivity index is 2.18. The first-order valence-electron chi connectivity index (χ1n) is 11.6. The van der Waals surface area contributed by atoms with E-state index in [4.69, 9.17) is 4.74 Å². The van der Waals surface area contributed by atoms with Gasteiger partial charge < -0.3 is 9.64 Å². The summed E-state index contributed by atoms with van der Waals surface area (Å²) in [6.07, 6.45) is 1.60. The number of benzene rings is 1. The van der Waals surface area contributed by atoms with Crippen LogP contribution >= 0.6 is 0 Å². The maximum absolute atomic E-state index is 13.9. The number of nitriles is 1. The first-order chi connectivity index (χ1) is 17.1. The lowest BCUT2D eigenvalue weighted by atomic mass is 9.80. The van der Waals surface area contributed by atoms with Crippen molar-refractivity contribution in [3.63, 3.8) is 0 Å². The first-order valence-corrected chi connectivity index (χ1v) is 11.6. The van der Waals surface area contributed by atoms with E-state index in [2.05, 4.69) is 11.2 Å². The molecule has 0 N–H and O–H groups in total. The molecule has 3 rings (SSSR count). The summed E-state index contributed by atoms with van der Waals surface area (Å²) in [6.45, 7) is 6.46. The van der Waals surface area contributed by atoms with Crippen LogP contribution in [0.5, 0.6) is 0 Å². The number of rotatable bonds is 7. The van der Waals surface area contributed by atoms with E-state index in [1.165, 1.54) is 24.1 Å². The van der Waals surface area contributed by atoms with Gasteiger partial charge in [0.05, 0.1) is 12.7 Å². The van der Waals surface area contributed by atoms with Gasteiger partial charge in [0.25, 0.3) is 0 Å². The van der Waals surface area contributed by atoms with Crippen LogP contribution in [0.4, 0.5) is 13.2 Å². The molecule has 1 aromatic carbocycles. The number of ether oxygens (including phenoxy) is 1. The Morgan fingerprint density at radius 3 is 2.67 bits per heavy atom. The van der Waals surface area contributed by atoms with Crippen LogP contribution in [-0.2, 0) is 22.3 Å². The van der Waals surface area contributed by atoms with Gasteiger partial charge in [0.2, 0.25) is 5.91 Å². The second kappa shape index (κ2) is 11.4. The summed E-state index contributed by atoms with van der Waals surface area (Å²) < 4.78 is 48.0. The fraction of sp³-hybridized carbons (Fsp3) is 0.370. The van der Waals surface area contributed by atoms with Crippen LogP contribution in [0.3, 0.4) is 0 Å². The molecule has 1 aliphatic heterocycles. The Labute approximate surface area is 209 Å². The quantitative estimate of drug-likeness (QED) is 0.373. The molecule has 1 aromatic heterocycles. The van der Waals surface area contributed by atoms with Gasteiger partial charge in [-0.05, 0) is 43.5 Å². The van der Waals surface area contributed by atoms with Crippen molar-refractivity contribution in [3.8, 4) is 17.2 Å². The molecule has 2 aromatic rings. The van der Waals surface area contributed by atoms with E-state index in [0.717, 1.165) is 11.1 Å². The Hall–Kier alpha value is -3.64. The summed E-state index contributed by atoms with van der Waals surface area (Å²) in [5.74, 6) is -0.659. The van der Waals surface area contributed by atoms with E-state index < -0.39 is 17.8 Å². The summed E-state index contributed by atoms with van der Waals surface area (Å²) in [4.78, 5) is 14.5. The molecule has 0 radical (unpaired) electrons. The van der Waals surface area contributed by atoms with Gasteiger partial charge >= 0.3 is 6.18 Å². The number of carbonyl (C=O) groups is 1. The largest absolute Gasteiger partial charge is 0.435 e. The van der Waals surface area contributed by atoms with Crippen molar-refractivity contribution in [2.75, 3.05) is 26.8 Å². The summed E-state index contributed by atoms with van der Waals surface area (Å²) >= 11 is 0.